The zero-order valence-electron chi connectivity index (χ0n) is 21.0. The summed E-state index contributed by atoms with van der Waals surface area (Å²) in [6.45, 7) is 25.5. The number of hydrogen-bond acceptors (Lipinski definition) is 1. The second-order valence-electron chi connectivity index (χ2n) is 9.02. The second-order valence-corrected chi connectivity index (χ2v) is 9.02. The van der Waals surface area contributed by atoms with E-state index < -0.39 is 0 Å². The van der Waals surface area contributed by atoms with Crippen molar-refractivity contribution in [3.05, 3.63) is 78.8 Å². The summed E-state index contributed by atoms with van der Waals surface area (Å²) in [6.07, 6.45) is 17.9. The fourth-order valence-corrected chi connectivity index (χ4v) is 3.62. The molecule has 3 unspecified atom stereocenters. The van der Waals surface area contributed by atoms with E-state index in [1.54, 1.807) is 0 Å². The lowest BCUT2D eigenvalue weighted by Crippen LogP contribution is -2.15. The van der Waals surface area contributed by atoms with Gasteiger partial charge in [-0.3, -0.25) is 0 Å². The van der Waals surface area contributed by atoms with Crippen molar-refractivity contribution in [2.75, 3.05) is 7.05 Å². The highest BCUT2D eigenvalue weighted by Crippen LogP contribution is 2.28. The quantitative estimate of drug-likeness (QED) is 0.204. The first-order valence-electron chi connectivity index (χ1n) is 12.0. The molecular weight excluding hydrogens is 376 g/mol. The Morgan fingerprint density at radius 1 is 1.23 bits per heavy atom. The van der Waals surface area contributed by atoms with Crippen molar-refractivity contribution < 1.29 is 0 Å². The standard InChI is InChI=1S/C29H46N2/c1-10-13-15-25(7)27(12-3)21-26(8)24(6)16-17-29-28(22-30(9)23(4)5)18-20-31(29)19-14-11-2/h12-13,15-18,20,24,26-27H,3-4,7,10-11,14,19,21-22H2,1-2,5-6,8-9H3/b15-13-,17-16-. The Morgan fingerprint density at radius 3 is 2.52 bits per heavy atom. The fraction of sp³-hybridized carbons (Fsp3) is 0.517. The van der Waals surface area contributed by atoms with Crippen LogP contribution < -0.4 is 0 Å². The maximum absolute atomic E-state index is 4.26. The van der Waals surface area contributed by atoms with Crippen molar-refractivity contribution in [1.82, 2.24) is 9.47 Å². The Morgan fingerprint density at radius 2 is 1.94 bits per heavy atom. The van der Waals surface area contributed by atoms with E-state index in [1.165, 1.54) is 29.7 Å². The third-order valence-electron chi connectivity index (χ3n) is 6.32. The van der Waals surface area contributed by atoms with Gasteiger partial charge in [0.05, 0.1) is 0 Å². The zero-order chi connectivity index (χ0) is 23.4. The molecule has 0 aliphatic rings. The summed E-state index contributed by atoms with van der Waals surface area (Å²) >= 11 is 0. The monoisotopic (exact) mass is 422 g/mol. The van der Waals surface area contributed by atoms with Gasteiger partial charge in [-0.15, -0.1) is 6.58 Å². The van der Waals surface area contributed by atoms with E-state index in [4.69, 9.17) is 0 Å². The predicted molar refractivity (Wildman–Crippen MR) is 140 cm³/mol. The maximum Gasteiger partial charge on any atom is 0.0454 e. The van der Waals surface area contributed by atoms with Crippen LogP contribution in [0.15, 0.2) is 67.6 Å². The van der Waals surface area contributed by atoms with Gasteiger partial charge in [-0.2, -0.15) is 0 Å². The first-order valence-corrected chi connectivity index (χ1v) is 12.0. The molecule has 2 nitrogen and oxygen atoms in total. The van der Waals surface area contributed by atoms with Gasteiger partial charge < -0.3 is 9.47 Å². The van der Waals surface area contributed by atoms with E-state index in [-0.39, 0.29) is 0 Å². The van der Waals surface area contributed by atoms with E-state index in [9.17, 15) is 0 Å². The minimum atomic E-state index is 0.335. The number of hydrogen-bond donors (Lipinski definition) is 0. The molecule has 0 saturated heterocycles. The van der Waals surface area contributed by atoms with Gasteiger partial charge in [0.1, 0.15) is 0 Å². The zero-order valence-corrected chi connectivity index (χ0v) is 21.0. The highest BCUT2D eigenvalue weighted by molar-refractivity contribution is 5.51. The van der Waals surface area contributed by atoms with Gasteiger partial charge in [0.2, 0.25) is 0 Å². The number of aryl methyl sites for hydroxylation is 1. The fourth-order valence-electron chi connectivity index (χ4n) is 3.62. The van der Waals surface area contributed by atoms with E-state index in [0.717, 1.165) is 31.6 Å². The number of nitrogens with zero attached hydrogens (tertiary/aromatic N) is 2. The molecular formula is C29H46N2. The van der Waals surface area contributed by atoms with E-state index >= 15 is 0 Å². The lowest BCUT2D eigenvalue weighted by atomic mass is 9.83. The van der Waals surface area contributed by atoms with Crippen LogP contribution in [0.2, 0.25) is 0 Å². The van der Waals surface area contributed by atoms with Crippen LogP contribution in [0.3, 0.4) is 0 Å². The smallest absolute Gasteiger partial charge is 0.0454 e. The van der Waals surface area contributed by atoms with Gasteiger partial charge in [-0.25, -0.2) is 0 Å². The Kier molecular flexibility index (Phi) is 12.1. The second kappa shape index (κ2) is 14.0. The van der Waals surface area contributed by atoms with E-state index in [0.29, 0.717) is 17.8 Å². The largest absolute Gasteiger partial charge is 0.374 e. The van der Waals surface area contributed by atoms with Crippen LogP contribution in [-0.2, 0) is 13.1 Å². The van der Waals surface area contributed by atoms with E-state index in [1.807, 2.05) is 0 Å². The molecule has 1 rings (SSSR count). The number of aromatic nitrogens is 1. The molecule has 0 fully saturated rings. The molecule has 0 bridgehead atoms. The summed E-state index contributed by atoms with van der Waals surface area (Å²) in [5, 5.41) is 0. The first-order chi connectivity index (χ1) is 14.7. The van der Waals surface area contributed by atoms with Crippen LogP contribution in [-0.4, -0.2) is 16.5 Å². The molecule has 0 saturated carbocycles. The van der Waals surface area contributed by atoms with Gasteiger partial charge in [0.15, 0.2) is 0 Å². The average molecular weight is 423 g/mol. The normalized spacial score (nSPS) is 14.6. The Bertz CT molecular complexity index is 762. The minimum absolute atomic E-state index is 0.335. The summed E-state index contributed by atoms with van der Waals surface area (Å²) in [5.41, 5.74) is 4.94. The SMILES string of the molecule is C=CC(CC(C)C(C)/C=C\c1c(CN(C)C(=C)C)ccn1CCCC)C(=C)/C=C\CC. The summed E-state index contributed by atoms with van der Waals surface area (Å²) in [6, 6.07) is 2.26. The summed E-state index contributed by atoms with van der Waals surface area (Å²) in [7, 11) is 2.11. The molecule has 0 aliphatic heterocycles. The number of allylic oxidation sites excluding steroid dienone is 6. The molecule has 0 aliphatic carbocycles. The Balaban J connectivity index is 2.97. The van der Waals surface area contributed by atoms with Gasteiger partial charge in [-0.05, 0) is 61.3 Å². The summed E-state index contributed by atoms with van der Waals surface area (Å²) in [4.78, 5) is 2.22. The number of unbranched alkanes of at least 4 members (excludes halogenated alkanes) is 1. The maximum atomic E-state index is 4.26. The van der Waals surface area contributed by atoms with Gasteiger partial charge in [0.25, 0.3) is 0 Å². The van der Waals surface area contributed by atoms with Crippen molar-refractivity contribution in [3.8, 4) is 0 Å². The predicted octanol–water partition coefficient (Wildman–Crippen LogP) is 8.25. The molecule has 0 radical (unpaired) electrons. The molecule has 0 amide bonds. The van der Waals surface area contributed by atoms with Crippen LogP contribution in [0, 0.1) is 17.8 Å². The Labute approximate surface area is 192 Å². The van der Waals surface area contributed by atoms with E-state index in [2.05, 4.69) is 114 Å². The van der Waals surface area contributed by atoms with Crippen molar-refractivity contribution in [2.24, 2.45) is 17.8 Å². The molecule has 31 heavy (non-hydrogen) atoms. The molecule has 0 N–H and O–H groups in total. The lowest BCUT2D eigenvalue weighted by Gasteiger charge is -2.22. The number of rotatable bonds is 15. The molecule has 0 aromatic carbocycles. The third-order valence-corrected chi connectivity index (χ3v) is 6.32. The van der Waals surface area contributed by atoms with Crippen LogP contribution in [0.5, 0.6) is 0 Å². The molecule has 172 valence electrons. The summed E-state index contributed by atoms with van der Waals surface area (Å²) < 4.78 is 2.41. The molecule has 0 spiro atoms. The average Bonchev–Trinajstić information content (AvgIpc) is 3.13. The highest BCUT2D eigenvalue weighted by Gasteiger charge is 2.16. The summed E-state index contributed by atoms with van der Waals surface area (Å²) in [5.74, 6) is 1.36. The molecule has 2 heteroatoms. The third kappa shape index (κ3) is 8.81. The van der Waals surface area contributed by atoms with Crippen LogP contribution in [0.1, 0.15) is 71.6 Å². The lowest BCUT2D eigenvalue weighted by molar-refractivity contribution is 0.398. The van der Waals surface area contributed by atoms with Crippen molar-refractivity contribution in [3.63, 3.8) is 0 Å². The van der Waals surface area contributed by atoms with Crippen LogP contribution in [0.4, 0.5) is 0 Å². The minimum Gasteiger partial charge on any atom is -0.374 e. The Hall–Kier alpha value is -2.22. The highest BCUT2D eigenvalue weighted by atomic mass is 15.1. The molecule has 1 aromatic rings. The van der Waals surface area contributed by atoms with Crippen LogP contribution in [0.25, 0.3) is 6.08 Å². The topological polar surface area (TPSA) is 8.17 Å². The van der Waals surface area contributed by atoms with Crippen LogP contribution >= 0.6 is 0 Å². The van der Waals surface area contributed by atoms with Gasteiger partial charge in [0, 0.05) is 43.6 Å². The molecule has 3 atom stereocenters. The van der Waals surface area contributed by atoms with Gasteiger partial charge >= 0.3 is 0 Å². The van der Waals surface area contributed by atoms with Crippen molar-refractivity contribution in [1.29, 1.82) is 0 Å². The van der Waals surface area contributed by atoms with Crippen molar-refractivity contribution in [2.45, 2.75) is 73.4 Å². The molecule has 1 aromatic heterocycles. The van der Waals surface area contributed by atoms with Crippen molar-refractivity contribution >= 4 is 6.08 Å². The molecule has 1 heterocycles. The van der Waals surface area contributed by atoms with Gasteiger partial charge in [-0.1, -0.05) is 71.6 Å². The first kappa shape index (κ1) is 26.8.